The largest absolute Gasteiger partial charge is 0.494 e. The van der Waals surface area contributed by atoms with Crippen molar-refractivity contribution in [3.63, 3.8) is 0 Å². The molecule has 0 atom stereocenters. The molecule has 5 nitrogen and oxygen atoms in total. The highest BCUT2D eigenvalue weighted by Crippen LogP contribution is 2.24. The summed E-state index contributed by atoms with van der Waals surface area (Å²) in [6.45, 7) is 3.87. The molecule has 25 heavy (non-hydrogen) atoms. The predicted molar refractivity (Wildman–Crippen MR) is 91.9 cm³/mol. The second-order valence-electron chi connectivity index (χ2n) is 5.93. The van der Waals surface area contributed by atoms with Crippen LogP contribution in [0.25, 0.3) is 0 Å². The number of aromatic nitrogens is 2. The number of benzene rings is 1. The molecule has 2 heterocycles. The maximum Gasteiger partial charge on any atom is 0.200 e. The van der Waals surface area contributed by atoms with Gasteiger partial charge in [-0.05, 0) is 19.0 Å². The van der Waals surface area contributed by atoms with Crippen molar-refractivity contribution in [3.8, 4) is 5.75 Å². The van der Waals surface area contributed by atoms with Crippen molar-refractivity contribution in [1.82, 2.24) is 15.3 Å². The third-order valence-corrected chi connectivity index (χ3v) is 4.34. The number of methoxy groups -OCH3 is 1. The molecule has 1 aliphatic rings. The third-order valence-electron chi connectivity index (χ3n) is 4.34. The lowest BCUT2D eigenvalue weighted by molar-refractivity contribution is 0.370. The first kappa shape index (κ1) is 17.5. The van der Waals surface area contributed by atoms with Crippen LogP contribution in [0.3, 0.4) is 0 Å². The molecular weight excluding hydrogens is 326 g/mol. The van der Waals surface area contributed by atoms with Gasteiger partial charge in [-0.15, -0.1) is 0 Å². The summed E-state index contributed by atoms with van der Waals surface area (Å²) in [4.78, 5) is 9.18. The molecular formula is C18H22F2N4O. The Kier molecular flexibility index (Phi) is 5.43. The van der Waals surface area contributed by atoms with E-state index in [1.165, 1.54) is 19.2 Å². The van der Waals surface area contributed by atoms with E-state index >= 15 is 0 Å². The molecule has 0 bridgehead atoms. The first-order valence-corrected chi connectivity index (χ1v) is 8.48. The standard InChI is InChI=1S/C18H22F2N4O/c1-3-15-23-13-7-9-21-8-6-12(13)18(24-15)22-10-11-4-5-14(25-2)17(20)16(11)19/h4-5,21H,3,6-10H2,1-2H3,(H,22,23,24). The Bertz CT molecular complexity index is 767. The van der Waals surface area contributed by atoms with Gasteiger partial charge in [0, 0.05) is 37.1 Å². The Hall–Kier alpha value is -2.28. The van der Waals surface area contributed by atoms with Gasteiger partial charge in [0.1, 0.15) is 11.6 Å². The fraction of sp³-hybridized carbons (Fsp3) is 0.444. The van der Waals surface area contributed by atoms with Crippen LogP contribution < -0.4 is 15.4 Å². The van der Waals surface area contributed by atoms with E-state index in [0.717, 1.165) is 49.4 Å². The molecule has 7 heteroatoms. The number of nitrogens with one attached hydrogen (secondary N) is 2. The number of ether oxygens (including phenoxy) is 1. The minimum absolute atomic E-state index is 0.100. The smallest absolute Gasteiger partial charge is 0.200 e. The van der Waals surface area contributed by atoms with Crippen LogP contribution in [0.4, 0.5) is 14.6 Å². The van der Waals surface area contributed by atoms with Crippen LogP contribution in [0.1, 0.15) is 29.6 Å². The van der Waals surface area contributed by atoms with Gasteiger partial charge in [0.05, 0.1) is 12.8 Å². The quantitative estimate of drug-likeness (QED) is 0.870. The molecule has 0 fully saturated rings. The molecule has 0 radical (unpaired) electrons. The molecule has 1 aromatic carbocycles. The van der Waals surface area contributed by atoms with Crippen LogP contribution in [-0.2, 0) is 25.8 Å². The second-order valence-corrected chi connectivity index (χ2v) is 5.93. The highest BCUT2D eigenvalue weighted by Gasteiger charge is 2.18. The highest BCUT2D eigenvalue weighted by atomic mass is 19.2. The summed E-state index contributed by atoms with van der Waals surface area (Å²) in [5.74, 6) is -0.506. The summed E-state index contributed by atoms with van der Waals surface area (Å²) in [6.07, 6.45) is 2.37. The van der Waals surface area contributed by atoms with Gasteiger partial charge >= 0.3 is 0 Å². The lowest BCUT2D eigenvalue weighted by Gasteiger charge is -2.15. The van der Waals surface area contributed by atoms with Gasteiger partial charge in [-0.25, -0.2) is 14.4 Å². The van der Waals surface area contributed by atoms with Gasteiger partial charge in [-0.3, -0.25) is 0 Å². The van der Waals surface area contributed by atoms with Crippen LogP contribution >= 0.6 is 0 Å². The van der Waals surface area contributed by atoms with Gasteiger partial charge in [0.25, 0.3) is 0 Å². The van der Waals surface area contributed by atoms with Crippen molar-refractivity contribution >= 4 is 5.82 Å². The Morgan fingerprint density at radius 3 is 2.72 bits per heavy atom. The average Bonchev–Trinajstić information content (AvgIpc) is 2.88. The first-order chi connectivity index (χ1) is 12.1. The topological polar surface area (TPSA) is 59.1 Å². The molecule has 0 unspecified atom stereocenters. The zero-order chi connectivity index (χ0) is 17.8. The molecule has 2 aromatic rings. The molecule has 0 amide bonds. The van der Waals surface area contributed by atoms with Crippen molar-refractivity contribution in [2.75, 3.05) is 25.5 Å². The minimum Gasteiger partial charge on any atom is -0.494 e. The van der Waals surface area contributed by atoms with E-state index in [-0.39, 0.29) is 17.9 Å². The second kappa shape index (κ2) is 7.74. The van der Waals surface area contributed by atoms with E-state index in [9.17, 15) is 8.78 Å². The molecule has 0 spiro atoms. The van der Waals surface area contributed by atoms with E-state index < -0.39 is 11.6 Å². The Morgan fingerprint density at radius 2 is 1.96 bits per heavy atom. The lowest BCUT2D eigenvalue weighted by Crippen LogP contribution is -2.16. The molecule has 0 saturated heterocycles. The van der Waals surface area contributed by atoms with E-state index in [1.54, 1.807) is 0 Å². The van der Waals surface area contributed by atoms with Crippen LogP contribution in [0.5, 0.6) is 5.75 Å². The maximum absolute atomic E-state index is 14.2. The van der Waals surface area contributed by atoms with Crippen molar-refractivity contribution < 1.29 is 13.5 Å². The van der Waals surface area contributed by atoms with Gasteiger partial charge in [0.2, 0.25) is 5.82 Å². The third kappa shape index (κ3) is 3.71. The Labute approximate surface area is 145 Å². The highest BCUT2D eigenvalue weighted by molar-refractivity contribution is 5.48. The first-order valence-electron chi connectivity index (χ1n) is 8.48. The minimum atomic E-state index is -0.971. The molecule has 0 saturated carbocycles. The SMILES string of the molecule is CCc1nc2c(c(NCc3ccc(OC)c(F)c3F)n1)CCNCC2. The molecule has 0 aliphatic carbocycles. The summed E-state index contributed by atoms with van der Waals surface area (Å²) >= 11 is 0. The summed E-state index contributed by atoms with van der Waals surface area (Å²) < 4.78 is 32.8. The number of aryl methyl sites for hydroxylation is 1. The number of halogens is 2. The monoisotopic (exact) mass is 348 g/mol. The fourth-order valence-electron chi connectivity index (χ4n) is 2.95. The van der Waals surface area contributed by atoms with Crippen molar-refractivity contribution in [3.05, 3.63) is 46.4 Å². The summed E-state index contributed by atoms with van der Waals surface area (Å²) in [5, 5.41) is 6.51. The van der Waals surface area contributed by atoms with Gasteiger partial charge < -0.3 is 15.4 Å². The van der Waals surface area contributed by atoms with Gasteiger partial charge in [-0.1, -0.05) is 13.0 Å². The molecule has 2 N–H and O–H groups in total. The average molecular weight is 348 g/mol. The zero-order valence-electron chi connectivity index (χ0n) is 14.5. The molecule has 134 valence electrons. The summed E-state index contributed by atoms with van der Waals surface area (Å²) in [7, 11) is 1.31. The van der Waals surface area contributed by atoms with Crippen LogP contribution in [-0.4, -0.2) is 30.2 Å². The summed E-state index contributed by atoms with van der Waals surface area (Å²) in [6, 6.07) is 2.95. The predicted octanol–water partition coefficient (Wildman–Crippen LogP) is 2.63. The number of rotatable bonds is 5. The molecule has 1 aliphatic heterocycles. The number of fused-ring (bicyclic) bond motifs is 1. The van der Waals surface area contributed by atoms with E-state index in [4.69, 9.17) is 4.74 Å². The zero-order valence-corrected chi connectivity index (χ0v) is 14.5. The molecule has 3 rings (SSSR count). The fourth-order valence-corrected chi connectivity index (χ4v) is 2.95. The number of hydrogen-bond acceptors (Lipinski definition) is 5. The van der Waals surface area contributed by atoms with E-state index in [2.05, 4.69) is 20.6 Å². The van der Waals surface area contributed by atoms with Crippen LogP contribution in [0, 0.1) is 11.6 Å². The normalized spacial score (nSPS) is 13.9. The number of nitrogens with zero attached hydrogens (tertiary/aromatic N) is 2. The Balaban J connectivity index is 1.87. The Morgan fingerprint density at radius 1 is 1.16 bits per heavy atom. The van der Waals surface area contributed by atoms with Crippen molar-refractivity contribution in [2.24, 2.45) is 0 Å². The van der Waals surface area contributed by atoms with Crippen LogP contribution in [0.15, 0.2) is 12.1 Å². The number of hydrogen-bond donors (Lipinski definition) is 2. The van der Waals surface area contributed by atoms with Gasteiger partial charge in [-0.2, -0.15) is 4.39 Å². The van der Waals surface area contributed by atoms with E-state index in [1.807, 2.05) is 6.92 Å². The summed E-state index contributed by atoms with van der Waals surface area (Å²) in [5.41, 5.74) is 2.31. The maximum atomic E-state index is 14.2. The lowest BCUT2D eigenvalue weighted by atomic mass is 10.1. The van der Waals surface area contributed by atoms with Crippen molar-refractivity contribution in [2.45, 2.75) is 32.7 Å². The van der Waals surface area contributed by atoms with Gasteiger partial charge in [0.15, 0.2) is 11.6 Å². The van der Waals surface area contributed by atoms with E-state index in [0.29, 0.717) is 5.82 Å². The van der Waals surface area contributed by atoms with Crippen molar-refractivity contribution in [1.29, 1.82) is 0 Å². The molecule has 1 aromatic heterocycles. The number of anilines is 1. The van der Waals surface area contributed by atoms with Crippen LogP contribution in [0.2, 0.25) is 0 Å².